The van der Waals surface area contributed by atoms with Crippen LogP contribution in [0, 0.1) is 0 Å². The van der Waals surface area contributed by atoms with Crippen molar-refractivity contribution in [1.82, 2.24) is 9.97 Å². The number of aromatic nitrogens is 2. The Morgan fingerprint density at radius 2 is 2.38 bits per heavy atom. The van der Waals surface area contributed by atoms with Crippen LogP contribution in [-0.2, 0) is 0 Å². The number of carbonyl (C=O) groups is 1. The van der Waals surface area contributed by atoms with Gasteiger partial charge in [-0.25, -0.2) is 4.98 Å². The fourth-order valence-corrected chi connectivity index (χ4v) is 0.812. The second-order valence-corrected chi connectivity index (χ2v) is 2.23. The summed E-state index contributed by atoms with van der Waals surface area (Å²) in [5.74, 6) is -0.442. The van der Waals surface area contributed by atoms with E-state index in [1.807, 2.05) is 0 Å². The Hall–Kier alpha value is -1.85. The maximum atomic E-state index is 10.7. The Kier molecular flexibility index (Phi) is 2.63. The molecule has 70 valence electrons. The van der Waals surface area contributed by atoms with E-state index in [0.717, 1.165) is 0 Å². The number of anilines is 1. The normalized spacial score (nSPS) is 9.38. The van der Waals surface area contributed by atoms with Gasteiger partial charge >= 0.3 is 0 Å². The highest BCUT2D eigenvalue weighted by atomic mass is 16.5. The lowest BCUT2D eigenvalue weighted by Crippen LogP contribution is -2.16. The molecule has 1 heterocycles. The molecule has 3 N–H and O–H groups in total. The summed E-state index contributed by atoms with van der Waals surface area (Å²) in [5.41, 5.74) is 5.59. The Morgan fingerprint density at radius 1 is 1.69 bits per heavy atom. The largest absolute Gasteiger partial charge is 0.479 e. The van der Waals surface area contributed by atoms with Crippen LogP contribution in [0.4, 0.5) is 5.69 Å². The van der Waals surface area contributed by atoms with Crippen molar-refractivity contribution in [3.05, 3.63) is 12.0 Å². The van der Waals surface area contributed by atoms with E-state index in [2.05, 4.69) is 15.3 Å². The number of hydrogen-bond donors (Lipinski definition) is 2. The van der Waals surface area contributed by atoms with Gasteiger partial charge in [0.05, 0.1) is 13.3 Å². The summed E-state index contributed by atoms with van der Waals surface area (Å²) in [6, 6.07) is 0. The van der Waals surface area contributed by atoms with Crippen LogP contribution in [0.2, 0.25) is 0 Å². The van der Waals surface area contributed by atoms with Gasteiger partial charge in [0.15, 0.2) is 0 Å². The van der Waals surface area contributed by atoms with Crippen molar-refractivity contribution >= 4 is 11.6 Å². The summed E-state index contributed by atoms with van der Waals surface area (Å²) in [6.07, 6.45) is 1.44. The molecule has 0 aromatic carbocycles. The van der Waals surface area contributed by atoms with E-state index in [1.54, 1.807) is 7.05 Å². The summed E-state index contributed by atoms with van der Waals surface area (Å²) in [7, 11) is 3.15. The molecule has 13 heavy (non-hydrogen) atoms. The Bertz CT molecular complexity index is 326. The fourth-order valence-electron chi connectivity index (χ4n) is 0.812. The van der Waals surface area contributed by atoms with Crippen molar-refractivity contribution in [2.75, 3.05) is 19.5 Å². The minimum Gasteiger partial charge on any atom is -0.479 e. The lowest BCUT2D eigenvalue weighted by Gasteiger charge is -2.05. The lowest BCUT2D eigenvalue weighted by molar-refractivity contribution is 0.0989. The molecule has 0 saturated heterocycles. The molecule has 0 radical (unpaired) electrons. The average molecular weight is 182 g/mol. The summed E-state index contributed by atoms with van der Waals surface area (Å²) >= 11 is 0. The van der Waals surface area contributed by atoms with Gasteiger partial charge in [-0.1, -0.05) is 0 Å². The first-order valence-electron chi connectivity index (χ1n) is 3.57. The molecule has 1 rings (SSSR count). The first kappa shape index (κ1) is 9.24. The quantitative estimate of drug-likeness (QED) is 0.665. The monoisotopic (exact) mass is 182 g/mol. The third-order valence-corrected chi connectivity index (χ3v) is 1.44. The molecular formula is C7H10N4O2. The van der Waals surface area contributed by atoms with Crippen molar-refractivity contribution in [2.45, 2.75) is 0 Å². The van der Waals surface area contributed by atoms with Crippen LogP contribution in [0.15, 0.2) is 6.20 Å². The number of methoxy groups -OCH3 is 1. The van der Waals surface area contributed by atoms with Gasteiger partial charge in [-0.2, -0.15) is 4.98 Å². The molecule has 6 heteroatoms. The lowest BCUT2D eigenvalue weighted by atomic mass is 10.4. The molecule has 0 aliphatic rings. The van der Waals surface area contributed by atoms with Gasteiger partial charge in [-0.3, -0.25) is 4.79 Å². The van der Waals surface area contributed by atoms with E-state index in [-0.39, 0.29) is 5.82 Å². The van der Waals surface area contributed by atoms with Crippen molar-refractivity contribution in [1.29, 1.82) is 0 Å². The number of nitrogens with one attached hydrogen (secondary N) is 1. The molecule has 1 aromatic rings. The summed E-state index contributed by atoms with van der Waals surface area (Å²) < 4.78 is 4.91. The number of amides is 1. The van der Waals surface area contributed by atoms with E-state index in [1.165, 1.54) is 13.3 Å². The minimum atomic E-state index is -0.680. The van der Waals surface area contributed by atoms with Gasteiger partial charge in [-0.05, 0) is 0 Å². The van der Waals surface area contributed by atoms with Crippen LogP contribution >= 0.6 is 0 Å². The predicted molar refractivity (Wildman–Crippen MR) is 46.6 cm³/mol. The SMILES string of the molecule is CNc1cnc(C(N)=O)nc1OC. The number of hydrogen-bond acceptors (Lipinski definition) is 5. The van der Waals surface area contributed by atoms with E-state index in [0.29, 0.717) is 11.6 Å². The molecule has 6 nitrogen and oxygen atoms in total. The van der Waals surface area contributed by atoms with E-state index >= 15 is 0 Å². The van der Waals surface area contributed by atoms with Crippen molar-refractivity contribution < 1.29 is 9.53 Å². The number of primary amides is 1. The zero-order chi connectivity index (χ0) is 9.84. The Labute approximate surface area is 75.1 Å². The highest BCUT2D eigenvalue weighted by Crippen LogP contribution is 2.18. The zero-order valence-corrected chi connectivity index (χ0v) is 7.37. The van der Waals surface area contributed by atoms with Crippen LogP contribution in [0.3, 0.4) is 0 Å². The number of carbonyl (C=O) groups excluding carboxylic acids is 1. The maximum absolute atomic E-state index is 10.7. The Balaban J connectivity index is 3.13. The van der Waals surface area contributed by atoms with E-state index in [9.17, 15) is 4.79 Å². The van der Waals surface area contributed by atoms with Gasteiger partial charge in [0.25, 0.3) is 5.91 Å². The van der Waals surface area contributed by atoms with Gasteiger partial charge < -0.3 is 15.8 Å². The van der Waals surface area contributed by atoms with E-state index < -0.39 is 5.91 Å². The van der Waals surface area contributed by atoms with Crippen LogP contribution in [0.5, 0.6) is 5.88 Å². The molecule has 0 saturated carbocycles. The maximum Gasteiger partial charge on any atom is 0.286 e. The number of rotatable bonds is 3. The minimum absolute atomic E-state index is 0.0594. The second kappa shape index (κ2) is 3.70. The molecule has 1 amide bonds. The van der Waals surface area contributed by atoms with Crippen molar-refractivity contribution in [3.63, 3.8) is 0 Å². The first-order chi connectivity index (χ1) is 6.19. The standard InChI is InChI=1S/C7H10N4O2/c1-9-4-3-10-6(5(8)12)11-7(4)13-2/h3,9H,1-2H3,(H2,8,12). The molecule has 0 atom stereocenters. The fraction of sp³-hybridized carbons (Fsp3) is 0.286. The smallest absolute Gasteiger partial charge is 0.286 e. The van der Waals surface area contributed by atoms with Gasteiger partial charge in [-0.15, -0.1) is 0 Å². The molecule has 1 aromatic heterocycles. The predicted octanol–water partition coefficient (Wildman–Crippen LogP) is -0.374. The summed E-state index contributed by atoms with van der Waals surface area (Å²) in [4.78, 5) is 18.2. The van der Waals surface area contributed by atoms with Gasteiger partial charge in [0, 0.05) is 7.05 Å². The van der Waals surface area contributed by atoms with Crippen molar-refractivity contribution in [3.8, 4) is 5.88 Å². The third-order valence-electron chi connectivity index (χ3n) is 1.44. The number of ether oxygens (including phenoxy) is 1. The molecule has 0 aliphatic heterocycles. The highest BCUT2D eigenvalue weighted by molar-refractivity contribution is 5.89. The highest BCUT2D eigenvalue weighted by Gasteiger charge is 2.09. The van der Waals surface area contributed by atoms with Crippen LogP contribution in [-0.4, -0.2) is 30.0 Å². The van der Waals surface area contributed by atoms with Crippen LogP contribution < -0.4 is 15.8 Å². The Morgan fingerprint density at radius 3 is 2.85 bits per heavy atom. The average Bonchev–Trinajstić information content (AvgIpc) is 2.16. The van der Waals surface area contributed by atoms with Crippen molar-refractivity contribution in [2.24, 2.45) is 5.73 Å². The molecule has 0 unspecified atom stereocenters. The summed E-state index contributed by atoms with van der Waals surface area (Å²) in [6.45, 7) is 0. The number of nitrogens with two attached hydrogens (primary N) is 1. The molecule has 0 aliphatic carbocycles. The zero-order valence-electron chi connectivity index (χ0n) is 7.37. The number of nitrogens with zero attached hydrogens (tertiary/aromatic N) is 2. The van der Waals surface area contributed by atoms with E-state index in [4.69, 9.17) is 10.5 Å². The molecule has 0 bridgehead atoms. The second-order valence-electron chi connectivity index (χ2n) is 2.23. The summed E-state index contributed by atoms with van der Waals surface area (Å²) in [5, 5.41) is 2.81. The van der Waals surface area contributed by atoms with Gasteiger partial charge in [0.1, 0.15) is 5.69 Å². The van der Waals surface area contributed by atoms with Gasteiger partial charge in [0.2, 0.25) is 11.7 Å². The molecule has 0 fully saturated rings. The third kappa shape index (κ3) is 1.84. The first-order valence-corrected chi connectivity index (χ1v) is 3.57. The molecular weight excluding hydrogens is 172 g/mol. The van der Waals surface area contributed by atoms with Crippen LogP contribution in [0.1, 0.15) is 10.6 Å². The molecule has 0 spiro atoms. The topological polar surface area (TPSA) is 90.1 Å². The van der Waals surface area contributed by atoms with Crippen LogP contribution in [0.25, 0.3) is 0 Å².